The molecule has 0 aromatic heterocycles. The zero-order chi connectivity index (χ0) is 17.6. The van der Waals surface area contributed by atoms with Crippen molar-refractivity contribution in [2.75, 3.05) is 5.32 Å². The molecule has 132 valence electrons. The van der Waals surface area contributed by atoms with E-state index >= 15 is 0 Å². The molecule has 1 aliphatic carbocycles. The van der Waals surface area contributed by atoms with Crippen LogP contribution in [0.4, 0.5) is 5.69 Å². The Balaban J connectivity index is 1.52. The summed E-state index contributed by atoms with van der Waals surface area (Å²) in [6.45, 7) is 3.94. The lowest BCUT2D eigenvalue weighted by Gasteiger charge is -2.18. The fourth-order valence-electron chi connectivity index (χ4n) is 3.07. The van der Waals surface area contributed by atoms with Crippen LogP contribution in [0.1, 0.15) is 38.2 Å². The molecule has 0 bridgehead atoms. The molecule has 1 atom stereocenters. The predicted octanol–water partition coefficient (Wildman–Crippen LogP) is 4.65. The molecule has 0 radical (unpaired) electrons. The van der Waals surface area contributed by atoms with E-state index in [4.69, 9.17) is 4.74 Å². The van der Waals surface area contributed by atoms with E-state index in [1.54, 1.807) is 0 Å². The zero-order valence-corrected chi connectivity index (χ0v) is 14.9. The standard InChI is InChI=1S/C21H26N2O2/c1-15-7-11-19(12-8-15)25-20-13-9-18(10-14-20)22-16(2)21(24)23-17-5-3-4-6-17/h7-14,16-17,22H,3-6H2,1-2H3,(H,23,24)/t16-/m1/s1. The Bertz CT molecular complexity index is 689. The highest BCUT2D eigenvalue weighted by Gasteiger charge is 2.20. The van der Waals surface area contributed by atoms with Crippen LogP contribution < -0.4 is 15.4 Å². The summed E-state index contributed by atoms with van der Waals surface area (Å²) in [6.07, 6.45) is 4.64. The smallest absolute Gasteiger partial charge is 0.242 e. The van der Waals surface area contributed by atoms with Crippen molar-refractivity contribution in [3.05, 3.63) is 54.1 Å². The fraction of sp³-hybridized carbons (Fsp3) is 0.381. The van der Waals surface area contributed by atoms with Gasteiger partial charge in [0.2, 0.25) is 5.91 Å². The van der Waals surface area contributed by atoms with Gasteiger partial charge in [0.1, 0.15) is 17.5 Å². The van der Waals surface area contributed by atoms with Gasteiger partial charge in [-0.25, -0.2) is 0 Å². The molecule has 1 aliphatic rings. The summed E-state index contributed by atoms with van der Waals surface area (Å²) in [6, 6.07) is 15.7. The second kappa shape index (κ2) is 8.06. The SMILES string of the molecule is Cc1ccc(Oc2ccc(N[C@H](C)C(=O)NC3CCCC3)cc2)cc1. The van der Waals surface area contributed by atoms with Crippen LogP contribution in [0.5, 0.6) is 11.5 Å². The van der Waals surface area contributed by atoms with E-state index in [1.165, 1.54) is 18.4 Å². The van der Waals surface area contributed by atoms with Crippen molar-refractivity contribution >= 4 is 11.6 Å². The molecule has 25 heavy (non-hydrogen) atoms. The highest BCUT2D eigenvalue weighted by Crippen LogP contribution is 2.23. The van der Waals surface area contributed by atoms with Crippen molar-refractivity contribution in [1.82, 2.24) is 5.32 Å². The summed E-state index contributed by atoms with van der Waals surface area (Å²) in [5.41, 5.74) is 2.11. The number of amides is 1. The number of carbonyl (C=O) groups excluding carboxylic acids is 1. The van der Waals surface area contributed by atoms with Crippen LogP contribution in [0.15, 0.2) is 48.5 Å². The average molecular weight is 338 g/mol. The molecule has 0 spiro atoms. The Morgan fingerprint density at radius 1 is 1.00 bits per heavy atom. The van der Waals surface area contributed by atoms with Crippen LogP contribution in [0.2, 0.25) is 0 Å². The summed E-state index contributed by atoms with van der Waals surface area (Å²) in [5, 5.41) is 6.37. The van der Waals surface area contributed by atoms with Gasteiger partial charge in [-0.15, -0.1) is 0 Å². The number of benzene rings is 2. The van der Waals surface area contributed by atoms with E-state index in [9.17, 15) is 4.79 Å². The van der Waals surface area contributed by atoms with Crippen LogP contribution in [0.3, 0.4) is 0 Å². The maximum atomic E-state index is 12.2. The van der Waals surface area contributed by atoms with Gasteiger partial charge >= 0.3 is 0 Å². The normalized spacial score (nSPS) is 15.6. The molecule has 0 aliphatic heterocycles. The van der Waals surface area contributed by atoms with Crippen molar-refractivity contribution in [3.63, 3.8) is 0 Å². The van der Waals surface area contributed by atoms with Gasteiger partial charge in [-0.05, 0) is 63.1 Å². The molecule has 1 amide bonds. The minimum absolute atomic E-state index is 0.0619. The molecule has 4 nitrogen and oxygen atoms in total. The van der Waals surface area contributed by atoms with E-state index in [-0.39, 0.29) is 11.9 Å². The van der Waals surface area contributed by atoms with Crippen molar-refractivity contribution in [3.8, 4) is 11.5 Å². The summed E-state index contributed by atoms with van der Waals surface area (Å²) in [5.74, 6) is 1.65. The monoisotopic (exact) mass is 338 g/mol. The number of rotatable bonds is 6. The third kappa shape index (κ3) is 4.99. The van der Waals surface area contributed by atoms with Gasteiger partial charge in [-0.1, -0.05) is 30.5 Å². The van der Waals surface area contributed by atoms with Crippen LogP contribution in [0, 0.1) is 6.92 Å². The number of carbonyl (C=O) groups is 1. The fourth-order valence-corrected chi connectivity index (χ4v) is 3.07. The van der Waals surface area contributed by atoms with Gasteiger partial charge in [0, 0.05) is 11.7 Å². The van der Waals surface area contributed by atoms with Gasteiger partial charge in [0.15, 0.2) is 0 Å². The van der Waals surface area contributed by atoms with E-state index in [0.29, 0.717) is 6.04 Å². The zero-order valence-electron chi connectivity index (χ0n) is 14.9. The molecule has 1 saturated carbocycles. The molecule has 0 saturated heterocycles. The first-order valence-electron chi connectivity index (χ1n) is 9.01. The first kappa shape index (κ1) is 17.3. The second-order valence-electron chi connectivity index (χ2n) is 6.80. The maximum absolute atomic E-state index is 12.2. The summed E-state index contributed by atoms with van der Waals surface area (Å²) in [7, 11) is 0. The highest BCUT2D eigenvalue weighted by molar-refractivity contribution is 5.84. The molecular formula is C21H26N2O2. The van der Waals surface area contributed by atoms with Gasteiger partial charge in [0.05, 0.1) is 0 Å². The van der Waals surface area contributed by atoms with Gasteiger partial charge < -0.3 is 15.4 Å². The van der Waals surface area contributed by atoms with Crippen LogP contribution in [-0.4, -0.2) is 18.0 Å². The molecule has 3 rings (SSSR count). The van der Waals surface area contributed by atoms with Crippen molar-refractivity contribution in [2.45, 2.75) is 51.6 Å². The lowest BCUT2D eigenvalue weighted by molar-refractivity contribution is -0.122. The van der Waals surface area contributed by atoms with Crippen molar-refractivity contribution in [1.29, 1.82) is 0 Å². The number of nitrogens with one attached hydrogen (secondary N) is 2. The molecule has 0 unspecified atom stereocenters. The number of hydrogen-bond donors (Lipinski definition) is 2. The van der Waals surface area contributed by atoms with Gasteiger partial charge in [-0.2, -0.15) is 0 Å². The van der Waals surface area contributed by atoms with E-state index < -0.39 is 0 Å². The number of aryl methyl sites for hydroxylation is 1. The van der Waals surface area contributed by atoms with Gasteiger partial charge in [0.25, 0.3) is 0 Å². The molecule has 1 fully saturated rings. The Morgan fingerprint density at radius 3 is 2.16 bits per heavy atom. The summed E-state index contributed by atoms with van der Waals surface area (Å²) < 4.78 is 5.82. The van der Waals surface area contributed by atoms with Gasteiger partial charge in [-0.3, -0.25) is 4.79 Å². The minimum Gasteiger partial charge on any atom is -0.457 e. The molecular weight excluding hydrogens is 312 g/mol. The second-order valence-corrected chi connectivity index (χ2v) is 6.80. The Hall–Kier alpha value is -2.49. The van der Waals surface area contributed by atoms with E-state index in [2.05, 4.69) is 10.6 Å². The number of hydrogen-bond acceptors (Lipinski definition) is 3. The topological polar surface area (TPSA) is 50.4 Å². The third-order valence-electron chi connectivity index (χ3n) is 4.59. The maximum Gasteiger partial charge on any atom is 0.242 e. The lowest BCUT2D eigenvalue weighted by Crippen LogP contribution is -2.42. The number of anilines is 1. The highest BCUT2D eigenvalue weighted by atomic mass is 16.5. The average Bonchev–Trinajstić information content (AvgIpc) is 3.11. The molecule has 2 aromatic carbocycles. The number of ether oxygens (including phenoxy) is 1. The molecule has 0 heterocycles. The van der Waals surface area contributed by atoms with Crippen LogP contribution in [-0.2, 0) is 4.79 Å². The molecule has 2 aromatic rings. The Kier molecular flexibility index (Phi) is 5.59. The first-order chi connectivity index (χ1) is 12.1. The van der Waals surface area contributed by atoms with Crippen molar-refractivity contribution < 1.29 is 9.53 Å². The summed E-state index contributed by atoms with van der Waals surface area (Å²) in [4.78, 5) is 12.2. The largest absolute Gasteiger partial charge is 0.457 e. The quantitative estimate of drug-likeness (QED) is 0.806. The van der Waals surface area contributed by atoms with E-state index in [1.807, 2.05) is 62.4 Å². The molecule has 4 heteroatoms. The molecule has 2 N–H and O–H groups in total. The predicted molar refractivity (Wildman–Crippen MR) is 101 cm³/mol. The minimum atomic E-state index is -0.260. The lowest BCUT2D eigenvalue weighted by atomic mass is 10.2. The van der Waals surface area contributed by atoms with Crippen LogP contribution >= 0.6 is 0 Å². The van der Waals surface area contributed by atoms with E-state index in [0.717, 1.165) is 30.0 Å². The van der Waals surface area contributed by atoms with Crippen molar-refractivity contribution in [2.24, 2.45) is 0 Å². The third-order valence-corrected chi connectivity index (χ3v) is 4.59. The Morgan fingerprint density at radius 2 is 1.56 bits per heavy atom. The first-order valence-corrected chi connectivity index (χ1v) is 9.01. The summed E-state index contributed by atoms with van der Waals surface area (Å²) >= 11 is 0. The Labute approximate surface area is 149 Å². The van der Waals surface area contributed by atoms with Crippen LogP contribution in [0.25, 0.3) is 0 Å².